The van der Waals surface area contributed by atoms with Crippen LogP contribution in [0.3, 0.4) is 0 Å². The third-order valence-electron chi connectivity index (χ3n) is 2.16. The highest BCUT2D eigenvalue weighted by molar-refractivity contribution is 5.65. The molecule has 90 valence electrons. The van der Waals surface area contributed by atoms with Crippen LogP contribution in [0.25, 0.3) is 0 Å². The van der Waals surface area contributed by atoms with Gasteiger partial charge in [0.15, 0.2) is 0 Å². The Morgan fingerprint density at radius 1 is 1.12 bits per heavy atom. The van der Waals surface area contributed by atoms with E-state index in [4.69, 9.17) is 5.73 Å². The Morgan fingerprint density at radius 2 is 1.81 bits per heavy atom. The molecule has 0 aliphatic rings. The average molecular weight is 232 g/mol. The Balaban J connectivity index is 2.19. The molecule has 0 aliphatic heterocycles. The molecule has 0 saturated heterocycles. The molecule has 0 heterocycles. The van der Waals surface area contributed by atoms with E-state index in [9.17, 15) is 13.2 Å². The second-order valence-electron chi connectivity index (χ2n) is 3.59. The number of para-hydroxylation sites is 2. The Labute approximate surface area is 92.6 Å². The van der Waals surface area contributed by atoms with E-state index in [0.717, 1.165) is 5.69 Å². The maximum absolute atomic E-state index is 11.8. The summed E-state index contributed by atoms with van der Waals surface area (Å²) in [6.45, 7) is 0.504. The maximum Gasteiger partial charge on any atom is 0.389 e. The lowest BCUT2D eigenvalue weighted by atomic mass is 10.2. The summed E-state index contributed by atoms with van der Waals surface area (Å²) in [4.78, 5) is 0. The number of hydrogen-bond acceptors (Lipinski definition) is 2. The number of rotatable bonds is 5. The smallest absolute Gasteiger partial charge is 0.389 e. The monoisotopic (exact) mass is 232 g/mol. The summed E-state index contributed by atoms with van der Waals surface area (Å²) in [6.07, 6.45) is -4.15. The topological polar surface area (TPSA) is 38.0 Å². The van der Waals surface area contributed by atoms with Crippen molar-refractivity contribution in [1.82, 2.24) is 0 Å². The maximum atomic E-state index is 11.8. The van der Waals surface area contributed by atoms with E-state index in [-0.39, 0.29) is 6.42 Å². The van der Waals surface area contributed by atoms with Gasteiger partial charge in [-0.3, -0.25) is 0 Å². The van der Waals surface area contributed by atoms with Crippen molar-refractivity contribution in [3.8, 4) is 0 Å². The van der Waals surface area contributed by atoms with Crippen molar-refractivity contribution < 1.29 is 13.2 Å². The first kappa shape index (κ1) is 12.7. The van der Waals surface area contributed by atoms with Gasteiger partial charge in [0.25, 0.3) is 0 Å². The number of nitrogen functional groups attached to an aromatic ring is 1. The molecule has 0 aliphatic carbocycles. The number of benzene rings is 1. The van der Waals surface area contributed by atoms with E-state index in [2.05, 4.69) is 5.32 Å². The Hall–Kier alpha value is -1.39. The fraction of sp³-hybridized carbons (Fsp3) is 0.455. The van der Waals surface area contributed by atoms with E-state index in [1.807, 2.05) is 12.1 Å². The normalized spacial score (nSPS) is 11.4. The number of alkyl halides is 3. The van der Waals surface area contributed by atoms with Crippen LogP contribution in [0.15, 0.2) is 24.3 Å². The molecule has 5 heteroatoms. The second kappa shape index (κ2) is 5.63. The molecule has 1 aromatic rings. The lowest BCUT2D eigenvalue weighted by Gasteiger charge is -2.09. The predicted molar refractivity (Wildman–Crippen MR) is 59.3 cm³/mol. The van der Waals surface area contributed by atoms with Gasteiger partial charge in [-0.2, -0.15) is 13.2 Å². The zero-order valence-electron chi connectivity index (χ0n) is 8.85. The molecule has 0 radical (unpaired) electrons. The highest BCUT2D eigenvalue weighted by Crippen LogP contribution is 2.22. The van der Waals surface area contributed by atoms with Crippen molar-refractivity contribution in [2.24, 2.45) is 0 Å². The summed E-state index contributed by atoms with van der Waals surface area (Å²) in [5.74, 6) is 0. The zero-order valence-corrected chi connectivity index (χ0v) is 8.85. The summed E-state index contributed by atoms with van der Waals surface area (Å²) in [6, 6.07) is 7.19. The minimum Gasteiger partial charge on any atom is -0.397 e. The molecule has 16 heavy (non-hydrogen) atoms. The number of nitrogens with two attached hydrogens (primary N) is 1. The van der Waals surface area contributed by atoms with Crippen molar-refractivity contribution in [3.63, 3.8) is 0 Å². The minimum atomic E-state index is -4.05. The molecule has 0 fully saturated rings. The van der Waals surface area contributed by atoms with Crippen LogP contribution in [0.5, 0.6) is 0 Å². The van der Waals surface area contributed by atoms with Crippen molar-refractivity contribution in [2.75, 3.05) is 17.6 Å². The first-order chi connectivity index (χ1) is 7.49. The highest BCUT2D eigenvalue weighted by atomic mass is 19.4. The first-order valence-corrected chi connectivity index (χ1v) is 5.14. The number of hydrogen-bond donors (Lipinski definition) is 2. The van der Waals surface area contributed by atoms with Gasteiger partial charge in [0, 0.05) is 13.0 Å². The molecule has 0 aromatic heterocycles. The van der Waals surface area contributed by atoms with Crippen molar-refractivity contribution in [1.29, 1.82) is 0 Å². The molecule has 0 spiro atoms. The Morgan fingerprint density at radius 3 is 2.44 bits per heavy atom. The van der Waals surface area contributed by atoms with E-state index >= 15 is 0 Å². The number of unbranched alkanes of at least 4 members (excludes halogenated alkanes) is 1. The molecule has 0 atom stereocenters. The third-order valence-corrected chi connectivity index (χ3v) is 2.16. The number of anilines is 2. The number of nitrogens with one attached hydrogen (secondary N) is 1. The molecule has 1 rings (SSSR count). The summed E-state index contributed by atoms with van der Waals surface area (Å²) in [7, 11) is 0. The van der Waals surface area contributed by atoms with Crippen LogP contribution in [0.2, 0.25) is 0 Å². The van der Waals surface area contributed by atoms with Crippen LogP contribution >= 0.6 is 0 Å². The largest absolute Gasteiger partial charge is 0.397 e. The van der Waals surface area contributed by atoms with Crippen LogP contribution in [0.4, 0.5) is 24.5 Å². The summed E-state index contributed by atoms with van der Waals surface area (Å²) < 4.78 is 35.5. The Kier molecular flexibility index (Phi) is 4.46. The Bertz CT molecular complexity index is 323. The van der Waals surface area contributed by atoms with E-state index in [1.165, 1.54) is 0 Å². The van der Waals surface area contributed by atoms with Crippen LogP contribution in [0.1, 0.15) is 19.3 Å². The number of halogens is 3. The van der Waals surface area contributed by atoms with Gasteiger partial charge in [-0.1, -0.05) is 12.1 Å². The lowest BCUT2D eigenvalue weighted by molar-refractivity contribution is -0.135. The third kappa shape index (κ3) is 4.91. The van der Waals surface area contributed by atoms with Crippen LogP contribution in [0, 0.1) is 0 Å². The van der Waals surface area contributed by atoms with Crippen molar-refractivity contribution in [3.05, 3.63) is 24.3 Å². The van der Waals surface area contributed by atoms with E-state index in [1.54, 1.807) is 12.1 Å². The van der Waals surface area contributed by atoms with E-state index < -0.39 is 12.6 Å². The zero-order chi connectivity index (χ0) is 12.0. The summed E-state index contributed by atoms with van der Waals surface area (Å²) in [5, 5.41) is 3.01. The lowest BCUT2D eigenvalue weighted by Crippen LogP contribution is -2.09. The van der Waals surface area contributed by atoms with Gasteiger partial charge in [0.05, 0.1) is 11.4 Å². The van der Waals surface area contributed by atoms with Gasteiger partial charge in [0.1, 0.15) is 0 Å². The molecule has 0 saturated carbocycles. The fourth-order valence-corrected chi connectivity index (χ4v) is 1.33. The molecule has 0 bridgehead atoms. The SMILES string of the molecule is Nc1ccccc1NCCCCC(F)(F)F. The highest BCUT2D eigenvalue weighted by Gasteiger charge is 2.25. The van der Waals surface area contributed by atoms with Gasteiger partial charge in [-0.25, -0.2) is 0 Å². The van der Waals surface area contributed by atoms with Gasteiger partial charge in [-0.05, 0) is 25.0 Å². The molecule has 0 unspecified atom stereocenters. The molecule has 0 amide bonds. The van der Waals surface area contributed by atoms with Gasteiger partial charge in [-0.15, -0.1) is 0 Å². The van der Waals surface area contributed by atoms with Crippen molar-refractivity contribution in [2.45, 2.75) is 25.4 Å². The van der Waals surface area contributed by atoms with Crippen LogP contribution in [-0.2, 0) is 0 Å². The van der Waals surface area contributed by atoms with E-state index in [0.29, 0.717) is 18.7 Å². The predicted octanol–water partition coefficient (Wildman–Crippen LogP) is 3.41. The second-order valence-corrected chi connectivity index (χ2v) is 3.59. The summed E-state index contributed by atoms with van der Waals surface area (Å²) >= 11 is 0. The van der Waals surface area contributed by atoms with Crippen LogP contribution in [-0.4, -0.2) is 12.7 Å². The molecule has 2 nitrogen and oxygen atoms in total. The van der Waals surface area contributed by atoms with Crippen molar-refractivity contribution >= 4 is 11.4 Å². The molecule has 1 aromatic carbocycles. The quantitative estimate of drug-likeness (QED) is 0.603. The first-order valence-electron chi connectivity index (χ1n) is 5.14. The average Bonchev–Trinajstić information content (AvgIpc) is 2.18. The van der Waals surface area contributed by atoms with Gasteiger partial charge < -0.3 is 11.1 Å². The van der Waals surface area contributed by atoms with Gasteiger partial charge >= 0.3 is 6.18 Å². The summed E-state index contributed by atoms with van der Waals surface area (Å²) in [5.41, 5.74) is 7.04. The minimum absolute atomic E-state index is 0.142. The molecular weight excluding hydrogens is 217 g/mol. The molecular formula is C11H15F3N2. The fourth-order valence-electron chi connectivity index (χ4n) is 1.33. The standard InChI is InChI=1S/C11H15F3N2/c12-11(13,14)7-3-4-8-16-10-6-2-1-5-9(10)15/h1-2,5-6,16H,3-4,7-8,15H2. The van der Waals surface area contributed by atoms with Gasteiger partial charge in [0.2, 0.25) is 0 Å². The van der Waals surface area contributed by atoms with Crippen LogP contribution < -0.4 is 11.1 Å². The molecule has 3 N–H and O–H groups in total.